The van der Waals surface area contributed by atoms with Gasteiger partial charge in [0, 0.05) is 44.1 Å². The smallest absolute Gasteiger partial charge is 0.0538 e. The zero-order chi connectivity index (χ0) is 13.1. The summed E-state index contributed by atoms with van der Waals surface area (Å²) >= 11 is 0. The Morgan fingerprint density at radius 3 is 2.67 bits per heavy atom. The molecule has 1 fully saturated rings. The first-order valence-corrected chi connectivity index (χ1v) is 6.63. The molecular formula is C13H24N4O. The van der Waals surface area contributed by atoms with Gasteiger partial charge in [0.05, 0.1) is 12.2 Å². The molecule has 5 heteroatoms. The number of nitrogens with two attached hydrogens (primary N) is 1. The highest BCUT2D eigenvalue weighted by atomic mass is 16.5. The van der Waals surface area contributed by atoms with Gasteiger partial charge in [-0.1, -0.05) is 0 Å². The van der Waals surface area contributed by atoms with E-state index < -0.39 is 0 Å². The third-order valence-electron chi connectivity index (χ3n) is 3.77. The molecule has 1 aromatic heterocycles. The van der Waals surface area contributed by atoms with Gasteiger partial charge in [0.2, 0.25) is 0 Å². The van der Waals surface area contributed by atoms with E-state index in [0.717, 1.165) is 26.1 Å². The molecule has 0 spiro atoms. The fourth-order valence-electron chi connectivity index (χ4n) is 2.82. The largest absolute Gasteiger partial charge is 0.381 e. The second-order valence-electron chi connectivity index (χ2n) is 5.26. The molecular weight excluding hydrogens is 228 g/mol. The number of likely N-dealkylation sites (N-methyl/N-ethyl adjacent to an activating group) is 1. The van der Waals surface area contributed by atoms with E-state index in [-0.39, 0.29) is 12.1 Å². The van der Waals surface area contributed by atoms with Gasteiger partial charge in [-0.15, -0.1) is 0 Å². The van der Waals surface area contributed by atoms with Gasteiger partial charge in [0.25, 0.3) is 0 Å². The van der Waals surface area contributed by atoms with E-state index in [1.165, 1.54) is 5.56 Å². The van der Waals surface area contributed by atoms with Gasteiger partial charge < -0.3 is 10.5 Å². The zero-order valence-corrected chi connectivity index (χ0v) is 11.5. The van der Waals surface area contributed by atoms with Crippen molar-refractivity contribution in [2.45, 2.75) is 37.9 Å². The second-order valence-corrected chi connectivity index (χ2v) is 5.26. The Morgan fingerprint density at radius 1 is 1.50 bits per heavy atom. The van der Waals surface area contributed by atoms with E-state index in [0.29, 0.717) is 6.04 Å². The van der Waals surface area contributed by atoms with Crippen LogP contribution in [0.4, 0.5) is 0 Å². The zero-order valence-electron chi connectivity index (χ0n) is 11.5. The number of nitrogens with zero attached hydrogens (tertiary/aromatic N) is 3. The average molecular weight is 252 g/mol. The van der Waals surface area contributed by atoms with Crippen LogP contribution in [0.5, 0.6) is 0 Å². The predicted octanol–water partition coefficient (Wildman–Crippen LogP) is 0.919. The van der Waals surface area contributed by atoms with Gasteiger partial charge in [-0.25, -0.2) is 0 Å². The Hall–Kier alpha value is -0.910. The van der Waals surface area contributed by atoms with Crippen LogP contribution in [-0.2, 0) is 11.8 Å². The maximum atomic E-state index is 6.18. The van der Waals surface area contributed by atoms with Crippen LogP contribution in [0.15, 0.2) is 12.4 Å². The topological polar surface area (TPSA) is 56.3 Å². The molecule has 1 saturated heterocycles. The molecule has 0 amide bonds. The van der Waals surface area contributed by atoms with Crippen molar-refractivity contribution in [3.63, 3.8) is 0 Å². The summed E-state index contributed by atoms with van der Waals surface area (Å²) in [7, 11) is 4.10. The van der Waals surface area contributed by atoms with Crippen molar-refractivity contribution in [1.29, 1.82) is 0 Å². The van der Waals surface area contributed by atoms with E-state index in [1.807, 2.05) is 17.9 Å². The predicted molar refractivity (Wildman–Crippen MR) is 71.2 cm³/mol. The summed E-state index contributed by atoms with van der Waals surface area (Å²) in [6.45, 7) is 3.77. The molecule has 1 aliphatic heterocycles. The van der Waals surface area contributed by atoms with E-state index in [2.05, 4.69) is 30.2 Å². The Balaban J connectivity index is 2.13. The van der Waals surface area contributed by atoms with Crippen LogP contribution in [0, 0.1) is 0 Å². The van der Waals surface area contributed by atoms with Gasteiger partial charge in [0.15, 0.2) is 0 Å². The van der Waals surface area contributed by atoms with E-state index in [1.54, 1.807) is 0 Å². The summed E-state index contributed by atoms with van der Waals surface area (Å²) in [5.74, 6) is 0. The van der Waals surface area contributed by atoms with Crippen LogP contribution in [-0.4, -0.2) is 47.0 Å². The number of hydrogen-bond acceptors (Lipinski definition) is 4. The minimum absolute atomic E-state index is 0.0852. The molecule has 0 aliphatic carbocycles. The number of hydrogen-bond donors (Lipinski definition) is 1. The van der Waals surface area contributed by atoms with Crippen molar-refractivity contribution in [2.24, 2.45) is 12.8 Å². The minimum Gasteiger partial charge on any atom is -0.381 e. The Bertz CT molecular complexity index is 371. The summed E-state index contributed by atoms with van der Waals surface area (Å²) in [5, 5.41) is 4.26. The lowest BCUT2D eigenvalue weighted by Crippen LogP contribution is -2.44. The summed E-state index contributed by atoms with van der Waals surface area (Å²) < 4.78 is 7.26. The van der Waals surface area contributed by atoms with Crippen LogP contribution in [0.3, 0.4) is 0 Å². The van der Waals surface area contributed by atoms with Crippen molar-refractivity contribution in [3.8, 4) is 0 Å². The van der Waals surface area contributed by atoms with E-state index in [9.17, 15) is 0 Å². The van der Waals surface area contributed by atoms with Crippen LogP contribution in [0.1, 0.15) is 31.4 Å². The summed E-state index contributed by atoms with van der Waals surface area (Å²) in [4.78, 5) is 2.39. The summed E-state index contributed by atoms with van der Waals surface area (Å²) in [6, 6.07) is 0.860. The lowest BCUT2D eigenvalue weighted by atomic mass is 9.98. The molecule has 2 rings (SSSR count). The van der Waals surface area contributed by atoms with Crippen molar-refractivity contribution in [3.05, 3.63) is 18.0 Å². The molecule has 2 N–H and O–H groups in total. The molecule has 2 unspecified atom stereocenters. The summed E-state index contributed by atoms with van der Waals surface area (Å²) in [5.41, 5.74) is 7.37. The van der Waals surface area contributed by atoms with Crippen molar-refractivity contribution in [2.75, 3.05) is 20.3 Å². The highest BCUT2D eigenvalue weighted by molar-refractivity contribution is 5.13. The van der Waals surface area contributed by atoms with Crippen molar-refractivity contribution < 1.29 is 4.74 Å². The van der Waals surface area contributed by atoms with E-state index >= 15 is 0 Å². The highest BCUT2D eigenvalue weighted by Gasteiger charge is 2.29. The highest BCUT2D eigenvalue weighted by Crippen LogP contribution is 2.27. The monoisotopic (exact) mass is 252 g/mol. The van der Waals surface area contributed by atoms with Crippen molar-refractivity contribution in [1.82, 2.24) is 14.7 Å². The van der Waals surface area contributed by atoms with Crippen LogP contribution >= 0.6 is 0 Å². The fraction of sp³-hybridized carbons (Fsp3) is 0.769. The molecule has 2 atom stereocenters. The minimum atomic E-state index is 0.0852. The van der Waals surface area contributed by atoms with Gasteiger partial charge in [-0.2, -0.15) is 5.10 Å². The Morgan fingerprint density at radius 2 is 2.17 bits per heavy atom. The molecule has 102 valence electrons. The number of aryl methyl sites for hydroxylation is 1. The van der Waals surface area contributed by atoms with Crippen molar-refractivity contribution >= 4 is 0 Å². The second kappa shape index (κ2) is 5.82. The standard InChI is InChI=1S/C13H24N4O/c1-10(14)13(11-8-15-16(2)9-11)17(3)12-4-6-18-7-5-12/h8-10,12-13H,4-7,14H2,1-3H3. The quantitative estimate of drug-likeness (QED) is 0.865. The molecule has 0 saturated carbocycles. The fourth-order valence-corrected chi connectivity index (χ4v) is 2.82. The van der Waals surface area contributed by atoms with Crippen LogP contribution in [0.2, 0.25) is 0 Å². The Labute approximate surface area is 109 Å². The first-order chi connectivity index (χ1) is 8.59. The molecule has 2 heterocycles. The number of aromatic nitrogens is 2. The third-order valence-corrected chi connectivity index (χ3v) is 3.77. The van der Waals surface area contributed by atoms with Gasteiger partial charge in [0.1, 0.15) is 0 Å². The first-order valence-electron chi connectivity index (χ1n) is 6.63. The number of ether oxygens (including phenoxy) is 1. The van der Waals surface area contributed by atoms with E-state index in [4.69, 9.17) is 10.5 Å². The van der Waals surface area contributed by atoms with Crippen LogP contribution < -0.4 is 5.73 Å². The molecule has 0 aromatic carbocycles. The lowest BCUT2D eigenvalue weighted by Gasteiger charge is -2.38. The molecule has 18 heavy (non-hydrogen) atoms. The molecule has 1 aromatic rings. The lowest BCUT2D eigenvalue weighted by molar-refractivity contribution is 0.0246. The first kappa shape index (κ1) is 13.5. The molecule has 1 aliphatic rings. The molecule has 0 bridgehead atoms. The Kier molecular flexibility index (Phi) is 4.37. The normalized spacial score (nSPS) is 21.2. The van der Waals surface area contributed by atoms with Gasteiger partial charge in [-0.05, 0) is 26.8 Å². The van der Waals surface area contributed by atoms with Gasteiger partial charge in [-0.3, -0.25) is 9.58 Å². The SMILES string of the molecule is CC(N)C(c1cnn(C)c1)N(C)C1CCOCC1. The van der Waals surface area contributed by atoms with Gasteiger partial charge >= 0.3 is 0 Å². The average Bonchev–Trinajstić information content (AvgIpc) is 2.76. The molecule has 0 radical (unpaired) electrons. The maximum Gasteiger partial charge on any atom is 0.0538 e. The summed E-state index contributed by atoms with van der Waals surface area (Å²) in [6.07, 6.45) is 6.15. The third kappa shape index (κ3) is 2.91. The van der Waals surface area contributed by atoms with Crippen LogP contribution in [0.25, 0.3) is 0 Å². The number of rotatable bonds is 4. The molecule has 5 nitrogen and oxygen atoms in total. The maximum absolute atomic E-state index is 6.18.